The number of aromatic nitrogens is 4. The first kappa shape index (κ1) is 39.1. The van der Waals surface area contributed by atoms with Crippen LogP contribution in [0.4, 0.5) is 15.8 Å². The van der Waals surface area contributed by atoms with Crippen LogP contribution >= 0.6 is 0 Å². The van der Waals surface area contributed by atoms with Crippen LogP contribution in [0.3, 0.4) is 0 Å². The lowest BCUT2D eigenvalue weighted by atomic mass is 10.1. The molecule has 4 aromatic carbocycles. The Bertz CT molecular complexity index is 2280. The number of morpholine rings is 2. The first-order valence-corrected chi connectivity index (χ1v) is 18.7. The maximum Gasteiger partial charge on any atom is 0.273 e. The van der Waals surface area contributed by atoms with Gasteiger partial charge >= 0.3 is 0 Å². The van der Waals surface area contributed by atoms with Crippen molar-refractivity contribution in [1.29, 1.82) is 0 Å². The van der Waals surface area contributed by atoms with Crippen LogP contribution in [0.2, 0.25) is 0 Å². The average Bonchev–Trinajstić information content (AvgIpc) is 3.85. The topological polar surface area (TPSA) is 146 Å². The highest BCUT2D eigenvalue weighted by Gasteiger charge is 2.19. The maximum atomic E-state index is 13.1. The van der Waals surface area contributed by atoms with E-state index in [1.807, 2.05) is 72.8 Å². The molecule has 8 rings (SSSR count). The Hall–Kier alpha value is -6.19. The van der Waals surface area contributed by atoms with Crippen molar-refractivity contribution in [2.75, 3.05) is 57.1 Å². The number of rotatable bonds is 9. The number of hydrogen-bond donors (Lipinski definition) is 4. The molecule has 2 aliphatic heterocycles. The second kappa shape index (κ2) is 18.2. The third kappa shape index (κ3) is 9.80. The normalized spacial score (nSPS) is 16.6. The van der Waals surface area contributed by atoms with E-state index >= 15 is 0 Å². The standard InChI is InChI=1S/C22H24N4O3.C21H21FN4O2/c1-26-20(13-19(25-26)16-4-3-5-18(12-16)28-2)22(27)24-17-8-6-15(7-9-17)21-14-23-10-11-29-21;1-26-19(12-18(25-26)14-2-6-16(22)7-3-14)21(27)24-17-8-4-15(5-9-17)20-13-23-10-11-28-20/h3-9,12-13,21,23H,10-11,14H2,1-2H3,(H,24,27);2-9,12,20,23H,10-11,13H2,1H3,(H,24,27)/t21-;20-/m11/s1. The molecule has 0 bridgehead atoms. The smallest absolute Gasteiger partial charge is 0.273 e. The Morgan fingerprint density at radius 2 is 1.18 bits per heavy atom. The van der Waals surface area contributed by atoms with Gasteiger partial charge in [0, 0.05) is 62.8 Å². The molecule has 0 aliphatic carbocycles. The molecule has 0 unspecified atom stereocenters. The number of halogens is 1. The molecule has 2 aliphatic rings. The number of nitrogens with zero attached hydrogens (tertiary/aromatic N) is 4. The van der Waals surface area contributed by atoms with E-state index in [0.717, 1.165) is 59.9 Å². The highest BCUT2D eigenvalue weighted by molar-refractivity contribution is 6.04. The van der Waals surface area contributed by atoms with Gasteiger partial charge in [-0.1, -0.05) is 36.4 Å². The van der Waals surface area contributed by atoms with Crippen LogP contribution < -0.4 is 26.0 Å². The third-order valence-electron chi connectivity index (χ3n) is 9.67. The van der Waals surface area contributed by atoms with Gasteiger partial charge in [-0.25, -0.2) is 4.39 Å². The van der Waals surface area contributed by atoms with Crippen LogP contribution in [0.1, 0.15) is 44.3 Å². The minimum atomic E-state index is -0.310. The maximum absolute atomic E-state index is 13.1. The van der Waals surface area contributed by atoms with Crippen molar-refractivity contribution in [2.45, 2.75) is 12.2 Å². The molecule has 2 fully saturated rings. The highest BCUT2D eigenvalue weighted by atomic mass is 19.1. The molecule has 4 N–H and O–H groups in total. The first-order valence-electron chi connectivity index (χ1n) is 18.7. The lowest BCUT2D eigenvalue weighted by Gasteiger charge is -2.24. The zero-order valence-electron chi connectivity index (χ0n) is 32.0. The van der Waals surface area contributed by atoms with Gasteiger partial charge in [0.2, 0.25) is 0 Å². The third-order valence-corrected chi connectivity index (χ3v) is 9.67. The minimum Gasteiger partial charge on any atom is -0.497 e. The fourth-order valence-electron chi connectivity index (χ4n) is 6.56. The summed E-state index contributed by atoms with van der Waals surface area (Å²) in [7, 11) is 5.09. The quantitative estimate of drug-likeness (QED) is 0.136. The number of carbonyl (C=O) groups excluding carboxylic acids is 2. The van der Waals surface area contributed by atoms with E-state index in [-0.39, 0.29) is 29.8 Å². The molecular weight excluding hydrogens is 728 g/mol. The summed E-state index contributed by atoms with van der Waals surface area (Å²) in [5, 5.41) is 21.3. The van der Waals surface area contributed by atoms with E-state index in [0.29, 0.717) is 41.7 Å². The number of nitrogens with one attached hydrogen (secondary N) is 4. The summed E-state index contributed by atoms with van der Waals surface area (Å²) in [4.78, 5) is 25.4. The van der Waals surface area contributed by atoms with E-state index in [4.69, 9.17) is 14.2 Å². The van der Waals surface area contributed by atoms with Crippen molar-refractivity contribution in [3.8, 4) is 28.3 Å². The second-order valence-corrected chi connectivity index (χ2v) is 13.6. The van der Waals surface area contributed by atoms with Crippen LogP contribution in [0.15, 0.2) is 109 Å². The van der Waals surface area contributed by atoms with E-state index in [1.54, 1.807) is 50.2 Å². The molecule has 13 nitrogen and oxygen atoms in total. The zero-order chi connectivity index (χ0) is 39.7. The van der Waals surface area contributed by atoms with Gasteiger partial charge < -0.3 is 35.5 Å². The van der Waals surface area contributed by atoms with E-state index in [9.17, 15) is 14.0 Å². The number of carbonyl (C=O) groups is 2. The molecule has 2 aromatic heterocycles. The number of aryl methyl sites for hydroxylation is 2. The molecule has 2 saturated heterocycles. The summed E-state index contributed by atoms with van der Waals surface area (Å²) in [5.74, 6) is -0.0314. The number of benzene rings is 4. The Balaban J connectivity index is 0.000000174. The van der Waals surface area contributed by atoms with Crippen molar-refractivity contribution in [3.63, 3.8) is 0 Å². The summed E-state index contributed by atoms with van der Waals surface area (Å²) in [6.07, 6.45) is 0.0878. The Morgan fingerprint density at radius 3 is 1.63 bits per heavy atom. The molecule has 6 aromatic rings. The first-order chi connectivity index (χ1) is 27.7. The van der Waals surface area contributed by atoms with Crippen LogP contribution in [0.5, 0.6) is 5.75 Å². The molecule has 14 heteroatoms. The molecular formula is C43H45FN8O5. The second-order valence-electron chi connectivity index (χ2n) is 13.6. The van der Waals surface area contributed by atoms with Crippen LogP contribution in [0, 0.1) is 5.82 Å². The van der Waals surface area contributed by atoms with Gasteiger partial charge in [-0.3, -0.25) is 19.0 Å². The van der Waals surface area contributed by atoms with Gasteiger partial charge in [-0.15, -0.1) is 0 Å². The van der Waals surface area contributed by atoms with Gasteiger partial charge in [0.25, 0.3) is 11.8 Å². The van der Waals surface area contributed by atoms with E-state index < -0.39 is 0 Å². The van der Waals surface area contributed by atoms with Gasteiger partial charge in [-0.05, 0) is 83.9 Å². The molecule has 2 amide bonds. The number of amides is 2. The predicted octanol–water partition coefficient (Wildman–Crippen LogP) is 6.15. The Morgan fingerprint density at radius 1 is 0.684 bits per heavy atom. The molecule has 0 saturated carbocycles. The number of methoxy groups -OCH3 is 1. The van der Waals surface area contributed by atoms with Gasteiger partial charge in [-0.2, -0.15) is 10.2 Å². The Labute approximate surface area is 330 Å². The van der Waals surface area contributed by atoms with Crippen molar-refractivity contribution in [3.05, 3.63) is 138 Å². The predicted molar refractivity (Wildman–Crippen MR) is 216 cm³/mol. The van der Waals surface area contributed by atoms with Crippen molar-refractivity contribution < 1.29 is 28.2 Å². The number of ether oxygens (including phenoxy) is 3. The summed E-state index contributed by atoms with van der Waals surface area (Å²) in [6, 6.07) is 32.5. The van der Waals surface area contributed by atoms with E-state index in [2.05, 4.69) is 31.5 Å². The minimum absolute atomic E-state index is 0.0360. The van der Waals surface area contributed by atoms with Crippen molar-refractivity contribution >= 4 is 23.2 Å². The van der Waals surface area contributed by atoms with Crippen LogP contribution in [-0.2, 0) is 23.6 Å². The highest BCUT2D eigenvalue weighted by Crippen LogP contribution is 2.26. The monoisotopic (exact) mass is 772 g/mol. The van der Waals surface area contributed by atoms with Gasteiger partial charge in [0.15, 0.2) is 0 Å². The molecule has 2 atom stereocenters. The lowest BCUT2D eigenvalue weighted by Crippen LogP contribution is -2.33. The van der Waals surface area contributed by atoms with E-state index in [1.165, 1.54) is 16.8 Å². The van der Waals surface area contributed by atoms with Gasteiger partial charge in [0.05, 0.1) is 43.9 Å². The summed E-state index contributed by atoms with van der Waals surface area (Å²) >= 11 is 0. The number of anilines is 2. The van der Waals surface area contributed by atoms with Crippen molar-refractivity contribution in [1.82, 2.24) is 30.2 Å². The van der Waals surface area contributed by atoms with Gasteiger partial charge in [0.1, 0.15) is 23.0 Å². The summed E-state index contributed by atoms with van der Waals surface area (Å²) in [5.41, 5.74) is 7.47. The van der Waals surface area contributed by atoms with Crippen LogP contribution in [0.25, 0.3) is 22.5 Å². The molecule has 57 heavy (non-hydrogen) atoms. The fraction of sp³-hybridized carbons (Fsp3) is 0.256. The molecule has 0 spiro atoms. The zero-order valence-corrected chi connectivity index (χ0v) is 32.0. The van der Waals surface area contributed by atoms with Crippen LogP contribution in [-0.4, -0.2) is 77.9 Å². The summed E-state index contributed by atoms with van der Waals surface area (Å²) < 4.78 is 33.0. The molecule has 4 heterocycles. The largest absolute Gasteiger partial charge is 0.497 e. The molecule has 0 radical (unpaired) electrons. The Kier molecular flexibility index (Phi) is 12.5. The average molecular weight is 773 g/mol. The SMILES string of the molecule is COc1cccc(-c2cc(C(=O)Nc3ccc([C@H]4CNCCO4)cc3)n(C)n2)c1.Cn1nc(-c2ccc(F)cc2)cc1C(=O)Nc1ccc([C@H]2CNCCO2)cc1. The van der Waals surface area contributed by atoms with Crippen molar-refractivity contribution in [2.24, 2.45) is 14.1 Å². The fourth-order valence-corrected chi connectivity index (χ4v) is 6.56. The molecule has 294 valence electrons. The summed E-state index contributed by atoms with van der Waals surface area (Å²) in [6.45, 7) is 4.74. The number of hydrogen-bond acceptors (Lipinski definition) is 9. The lowest BCUT2D eigenvalue weighted by molar-refractivity contribution is 0.0276.